The van der Waals surface area contributed by atoms with Gasteiger partial charge in [0.15, 0.2) is 0 Å². The lowest BCUT2D eigenvalue weighted by Gasteiger charge is -2.13. The molecule has 1 aromatic rings. The Morgan fingerprint density at radius 3 is 2.71 bits per heavy atom. The summed E-state index contributed by atoms with van der Waals surface area (Å²) in [5.41, 5.74) is 1.78. The van der Waals surface area contributed by atoms with Gasteiger partial charge in [-0.25, -0.2) is 0 Å². The van der Waals surface area contributed by atoms with E-state index >= 15 is 0 Å². The van der Waals surface area contributed by atoms with E-state index in [-0.39, 0.29) is 5.91 Å². The van der Waals surface area contributed by atoms with Crippen LogP contribution in [0.2, 0.25) is 0 Å². The zero-order valence-electron chi connectivity index (χ0n) is 14.7. The molecule has 24 heavy (non-hydrogen) atoms. The van der Waals surface area contributed by atoms with E-state index in [2.05, 4.69) is 23.8 Å². The van der Waals surface area contributed by atoms with Crippen LogP contribution in [0.5, 0.6) is 0 Å². The number of carbonyl (C=O) groups is 1. The van der Waals surface area contributed by atoms with E-state index in [1.165, 1.54) is 4.90 Å². The molecule has 0 spiro atoms. The maximum atomic E-state index is 12.3. The van der Waals surface area contributed by atoms with E-state index < -0.39 is 0 Å². The second-order valence-electron chi connectivity index (χ2n) is 5.42. The first-order valence-corrected chi connectivity index (χ1v) is 11.5. The van der Waals surface area contributed by atoms with Crippen LogP contribution in [-0.2, 0) is 0 Å². The van der Waals surface area contributed by atoms with Crippen molar-refractivity contribution in [2.75, 3.05) is 42.0 Å². The molecule has 0 aliphatic rings. The topological polar surface area (TPSA) is 41.1 Å². The average molecular weight is 389 g/mol. The Bertz CT molecular complexity index is 486. The summed E-state index contributed by atoms with van der Waals surface area (Å²) < 4.78 is 0. The molecule has 0 fully saturated rings. The zero-order chi connectivity index (χ0) is 17.6. The van der Waals surface area contributed by atoms with Crippen LogP contribution in [0, 0.1) is 0 Å². The predicted octanol–water partition coefficient (Wildman–Crippen LogP) is 5.10. The van der Waals surface area contributed by atoms with Crippen LogP contribution in [0.1, 0.15) is 43.0 Å². The van der Waals surface area contributed by atoms with Crippen molar-refractivity contribution >= 4 is 46.7 Å². The standard InChI is InChI=1S/C18H29ClN2OS2/c1-3-24-17-9-8-15(18(22)21-12-7-13-23-2)14-16(17)20-11-6-4-5-10-19/h8-9,14,20H,3-7,10-13H2,1-2H3,(H,21,22). The minimum atomic E-state index is 0.00865. The van der Waals surface area contributed by atoms with Gasteiger partial charge in [-0.05, 0) is 55.2 Å². The highest BCUT2D eigenvalue weighted by Crippen LogP contribution is 2.28. The molecule has 2 N–H and O–H groups in total. The first kappa shape index (κ1) is 21.5. The molecule has 136 valence electrons. The third-order valence-electron chi connectivity index (χ3n) is 3.48. The third kappa shape index (κ3) is 8.54. The quantitative estimate of drug-likeness (QED) is 0.280. The Balaban J connectivity index is 2.63. The van der Waals surface area contributed by atoms with Crippen LogP contribution in [-0.4, -0.2) is 42.6 Å². The fourth-order valence-electron chi connectivity index (χ4n) is 2.23. The number of nitrogens with one attached hydrogen (secondary N) is 2. The van der Waals surface area contributed by atoms with Crippen molar-refractivity contribution in [3.05, 3.63) is 23.8 Å². The number of rotatable bonds is 13. The van der Waals surface area contributed by atoms with Crippen molar-refractivity contribution in [2.45, 2.75) is 37.5 Å². The highest BCUT2D eigenvalue weighted by atomic mass is 35.5. The number of hydrogen-bond acceptors (Lipinski definition) is 4. The molecule has 0 radical (unpaired) electrons. The van der Waals surface area contributed by atoms with Gasteiger partial charge in [0.25, 0.3) is 5.91 Å². The molecule has 0 saturated carbocycles. The van der Waals surface area contributed by atoms with Gasteiger partial charge in [0, 0.05) is 35.1 Å². The number of thioether (sulfide) groups is 2. The van der Waals surface area contributed by atoms with Crippen LogP contribution in [0.4, 0.5) is 5.69 Å². The van der Waals surface area contributed by atoms with E-state index in [0.717, 1.165) is 67.4 Å². The van der Waals surface area contributed by atoms with E-state index in [0.29, 0.717) is 0 Å². The number of hydrogen-bond donors (Lipinski definition) is 2. The Morgan fingerprint density at radius 2 is 2.00 bits per heavy atom. The van der Waals surface area contributed by atoms with E-state index in [1.807, 2.05) is 18.2 Å². The number of benzene rings is 1. The zero-order valence-corrected chi connectivity index (χ0v) is 17.1. The second kappa shape index (κ2) is 13.7. The molecule has 1 rings (SSSR count). The van der Waals surface area contributed by atoms with Gasteiger partial charge in [0.05, 0.1) is 0 Å². The Kier molecular flexibility index (Phi) is 12.3. The van der Waals surface area contributed by atoms with Crippen LogP contribution in [0.3, 0.4) is 0 Å². The van der Waals surface area contributed by atoms with E-state index in [4.69, 9.17) is 11.6 Å². The highest BCUT2D eigenvalue weighted by molar-refractivity contribution is 7.99. The van der Waals surface area contributed by atoms with Gasteiger partial charge in [0.1, 0.15) is 0 Å². The number of anilines is 1. The van der Waals surface area contributed by atoms with Crippen molar-refractivity contribution in [1.82, 2.24) is 5.32 Å². The normalized spacial score (nSPS) is 10.6. The third-order valence-corrected chi connectivity index (χ3v) is 5.40. The number of alkyl halides is 1. The summed E-state index contributed by atoms with van der Waals surface area (Å²) >= 11 is 9.31. The summed E-state index contributed by atoms with van der Waals surface area (Å²) in [5.74, 6) is 2.82. The highest BCUT2D eigenvalue weighted by Gasteiger charge is 2.09. The van der Waals surface area contributed by atoms with Crippen LogP contribution < -0.4 is 10.6 Å². The van der Waals surface area contributed by atoms with Gasteiger partial charge in [-0.15, -0.1) is 23.4 Å². The van der Waals surface area contributed by atoms with Gasteiger partial charge in [-0.2, -0.15) is 11.8 Å². The monoisotopic (exact) mass is 388 g/mol. The minimum Gasteiger partial charge on any atom is -0.384 e. The summed E-state index contributed by atoms with van der Waals surface area (Å²) in [5, 5.41) is 6.48. The fourth-order valence-corrected chi connectivity index (χ4v) is 3.61. The Hall–Kier alpha value is -0.520. The van der Waals surface area contributed by atoms with Gasteiger partial charge < -0.3 is 10.6 Å². The molecule has 6 heteroatoms. The van der Waals surface area contributed by atoms with E-state index in [9.17, 15) is 4.79 Å². The SMILES string of the molecule is CCSc1ccc(C(=O)NCCCSC)cc1NCCCCCCl. The molecular weight excluding hydrogens is 360 g/mol. The number of amides is 1. The summed E-state index contributed by atoms with van der Waals surface area (Å²) in [6.45, 7) is 3.78. The van der Waals surface area contributed by atoms with Gasteiger partial charge in [-0.1, -0.05) is 13.3 Å². The molecule has 0 atom stereocenters. The first-order valence-electron chi connectivity index (χ1n) is 8.56. The molecule has 0 saturated heterocycles. The summed E-state index contributed by atoms with van der Waals surface area (Å²) in [4.78, 5) is 13.5. The Labute approximate surface area is 160 Å². The Morgan fingerprint density at radius 1 is 1.17 bits per heavy atom. The van der Waals surface area contributed by atoms with Crippen molar-refractivity contribution in [2.24, 2.45) is 0 Å². The molecule has 0 heterocycles. The molecule has 0 aliphatic carbocycles. The minimum absolute atomic E-state index is 0.00865. The molecule has 0 unspecified atom stereocenters. The predicted molar refractivity (Wildman–Crippen MR) is 111 cm³/mol. The first-order chi connectivity index (χ1) is 11.7. The molecule has 1 amide bonds. The van der Waals surface area contributed by atoms with Crippen LogP contribution in [0.15, 0.2) is 23.1 Å². The van der Waals surface area contributed by atoms with Gasteiger partial charge >= 0.3 is 0 Å². The largest absolute Gasteiger partial charge is 0.384 e. The number of carbonyl (C=O) groups excluding carboxylic acids is 1. The number of unbranched alkanes of at least 4 members (excludes halogenated alkanes) is 2. The molecule has 0 bridgehead atoms. The summed E-state index contributed by atoms with van der Waals surface area (Å²) in [6, 6.07) is 5.94. The van der Waals surface area contributed by atoms with Crippen LogP contribution in [0.25, 0.3) is 0 Å². The van der Waals surface area contributed by atoms with Crippen molar-refractivity contribution < 1.29 is 4.79 Å². The molecule has 0 aliphatic heterocycles. The lowest BCUT2D eigenvalue weighted by molar-refractivity contribution is 0.0954. The van der Waals surface area contributed by atoms with Crippen molar-refractivity contribution in [1.29, 1.82) is 0 Å². The van der Waals surface area contributed by atoms with E-state index in [1.54, 1.807) is 23.5 Å². The fraction of sp³-hybridized carbons (Fsp3) is 0.611. The van der Waals surface area contributed by atoms with Crippen molar-refractivity contribution in [3.8, 4) is 0 Å². The molecule has 1 aromatic carbocycles. The number of halogens is 1. The second-order valence-corrected chi connectivity index (χ2v) is 8.09. The molecule has 0 aromatic heterocycles. The van der Waals surface area contributed by atoms with Gasteiger partial charge in [0.2, 0.25) is 0 Å². The maximum Gasteiger partial charge on any atom is 0.251 e. The summed E-state index contributed by atoms with van der Waals surface area (Å²) in [6.07, 6.45) is 6.36. The lowest BCUT2D eigenvalue weighted by atomic mass is 10.1. The smallest absolute Gasteiger partial charge is 0.251 e. The van der Waals surface area contributed by atoms with Crippen molar-refractivity contribution in [3.63, 3.8) is 0 Å². The molecule has 3 nitrogen and oxygen atoms in total. The molecular formula is C18H29ClN2OS2. The summed E-state index contributed by atoms with van der Waals surface area (Å²) in [7, 11) is 0. The maximum absolute atomic E-state index is 12.3. The van der Waals surface area contributed by atoms with Crippen LogP contribution >= 0.6 is 35.1 Å². The van der Waals surface area contributed by atoms with Gasteiger partial charge in [-0.3, -0.25) is 4.79 Å². The lowest BCUT2D eigenvalue weighted by Crippen LogP contribution is -2.24. The average Bonchev–Trinajstić information content (AvgIpc) is 2.59.